The van der Waals surface area contributed by atoms with Crippen LogP contribution in [0.5, 0.6) is 5.75 Å². The molecule has 0 saturated heterocycles. The third-order valence-electron chi connectivity index (χ3n) is 10.9. The fraction of sp³-hybridized carbons (Fsp3) is 0.367. The number of esters is 2. The lowest BCUT2D eigenvalue weighted by molar-refractivity contribution is -0.137. The SMILES string of the molecule is CCCCOC(=O)c1ccc(CCN(CCc2ccccc2OCc2ccc(-c3ccc(C(F)(F)F)cc3)cc2Cl)[C@H]2CCCc3nc(C(=O)OCCCC)ccc32)cc1. The molecule has 0 spiro atoms. The van der Waals surface area contributed by atoms with E-state index in [1.165, 1.54) is 12.1 Å². The van der Waals surface area contributed by atoms with Gasteiger partial charge in [-0.1, -0.05) is 99.0 Å². The molecular weight excluding hydrogens is 789 g/mol. The number of ether oxygens (including phenoxy) is 3. The van der Waals surface area contributed by atoms with Crippen LogP contribution in [0.25, 0.3) is 11.1 Å². The van der Waals surface area contributed by atoms with Gasteiger partial charge in [-0.25, -0.2) is 14.6 Å². The molecule has 1 aliphatic rings. The molecule has 60 heavy (non-hydrogen) atoms. The number of unbranched alkanes of at least 4 members (excludes halogenated alkanes) is 2. The molecule has 316 valence electrons. The van der Waals surface area contributed by atoms with Crippen LogP contribution in [-0.4, -0.2) is 48.1 Å². The van der Waals surface area contributed by atoms with Gasteiger partial charge in [-0.05, 0) is 115 Å². The van der Waals surface area contributed by atoms with Crippen molar-refractivity contribution in [3.05, 3.63) is 153 Å². The molecule has 1 atom stereocenters. The second kappa shape index (κ2) is 21.4. The highest BCUT2D eigenvalue weighted by Crippen LogP contribution is 2.36. The van der Waals surface area contributed by atoms with E-state index in [4.69, 9.17) is 30.8 Å². The summed E-state index contributed by atoms with van der Waals surface area (Å²) in [4.78, 5) is 32.6. The number of nitrogens with zero attached hydrogens (tertiary/aromatic N) is 2. The first-order chi connectivity index (χ1) is 29.0. The normalized spacial score (nSPS) is 13.8. The second-order valence-corrected chi connectivity index (χ2v) is 15.5. The van der Waals surface area contributed by atoms with Crippen LogP contribution in [0, 0.1) is 0 Å². The van der Waals surface area contributed by atoms with Crippen LogP contribution in [0.2, 0.25) is 5.02 Å². The van der Waals surface area contributed by atoms with Gasteiger partial charge >= 0.3 is 18.1 Å². The minimum Gasteiger partial charge on any atom is -0.489 e. The van der Waals surface area contributed by atoms with Gasteiger partial charge in [0.1, 0.15) is 18.1 Å². The number of halogens is 4. The Hall–Kier alpha value is -5.19. The largest absolute Gasteiger partial charge is 0.489 e. The summed E-state index contributed by atoms with van der Waals surface area (Å²) in [6, 6.07) is 29.9. The summed E-state index contributed by atoms with van der Waals surface area (Å²) in [6.45, 7) is 6.57. The Morgan fingerprint density at radius 3 is 2.17 bits per heavy atom. The minimum atomic E-state index is -4.40. The Morgan fingerprint density at radius 2 is 1.47 bits per heavy atom. The van der Waals surface area contributed by atoms with Crippen molar-refractivity contribution in [2.24, 2.45) is 0 Å². The van der Waals surface area contributed by atoms with Crippen LogP contribution in [0.1, 0.15) is 113 Å². The highest BCUT2D eigenvalue weighted by Gasteiger charge is 2.30. The Labute approximate surface area is 355 Å². The highest BCUT2D eigenvalue weighted by atomic mass is 35.5. The van der Waals surface area contributed by atoms with Gasteiger partial charge in [-0.2, -0.15) is 13.2 Å². The number of aromatic nitrogens is 1. The maximum Gasteiger partial charge on any atom is 0.416 e. The average molecular weight is 841 g/mol. The van der Waals surface area contributed by atoms with Crippen molar-refractivity contribution in [2.75, 3.05) is 26.3 Å². The lowest BCUT2D eigenvalue weighted by Crippen LogP contribution is -2.35. The maximum atomic E-state index is 13.1. The lowest BCUT2D eigenvalue weighted by Gasteiger charge is -2.36. The molecule has 0 amide bonds. The van der Waals surface area contributed by atoms with Crippen LogP contribution in [-0.2, 0) is 41.5 Å². The number of hydrogen-bond acceptors (Lipinski definition) is 7. The van der Waals surface area contributed by atoms with Gasteiger partial charge in [0.2, 0.25) is 0 Å². The summed E-state index contributed by atoms with van der Waals surface area (Å²) in [5.74, 6) is 0.0319. The van der Waals surface area contributed by atoms with Crippen LogP contribution >= 0.6 is 11.6 Å². The standard InChI is InChI=1S/C49H52ClF3N2O5/c1-3-5-30-58-47(56)37-16-14-34(15-17-37)26-28-55(45-12-9-11-43-41(45)24-25-44(54-43)48(57)59-31-6-4-2)29-27-36-10-7-8-13-46(36)60-33-39-19-18-38(32-42(39)50)35-20-22-40(23-21-35)49(51,52)53/h7-8,10,13-25,32,45H,3-6,9,11-12,26-31,33H2,1-2H3/t45-/m0/s1. The Balaban J connectivity index is 1.17. The van der Waals surface area contributed by atoms with Crippen LogP contribution in [0.4, 0.5) is 13.2 Å². The van der Waals surface area contributed by atoms with E-state index in [9.17, 15) is 22.8 Å². The molecule has 11 heteroatoms. The molecule has 5 aromatic rings. The molecule has 1 aromatic heterocycles. The smallest absolute Gasteiger partial charge is 0.416 e. The fourth-order valence-corrected chi connectivity index (χ4v) is 7.61. The Bertz CT molecular complexity index is 2190. The number of alkyl halides is 3. The third-order valence-corrected chi connectivity index (χ3v) is 11.2. The number of carbonyl (C=O) groups is 2. The van der Waals surface area contributed by atoms with Crippen molar-refractivity contribution >= 4 is 23.5 Å². The Morgan fingerprint density at radius 1 is 0.783 bits per heavy atom. The van der Waals surface area contributed by atoms with Crippen LogP contribution < -0.4 is 4.74 Å². The van der Waals surface area contributed by atoms with Gasteiger partial charge < -0.3 is 14.2 Å². The van der Waals surface area contributed by atoms with Gasteiger partial charge in [0.25, 0.3) is 0 Å². The summed E-state index contributed by atoms with van der Waals surface area (Å²) < 4.78 is 56.5. The van der Waals surface area contributed by atoms with E-state index in [2.05, 4.69) is 24.8 Å². The minimum absolute atomic E-state index is 0.0781. The number of para-hydroxylation sites is 1. The van der Waals surface area contributed by atoms with Crippen molar-refractivity contribution in [1.29, 1.82) is 0 Å². The zero-order valence-electron chi connectivity index (χ0n) is 34.2. The van der Waals surface area contributed by atoms with Gasteiger partial charge in [-0.3, -0.25) is 4.90 Å². The molecule has 1 heterocycles. The van der Waals surface area contributed by atoms with E-state index >= 15 is 0 Å². The predicted octanol–water partition coefficient (Wildman–Crippen LogP) is 12.1. The summed E-state index contributed by atoms with van der Waals surface area (Å²) in [7, 11) is 0. The first-order valence-electron chi connectivity index (χ1n) is 20.9. The molecule has 0 unspecified atom stereocenters. The second-order valence-electron chi connectivity index (χ2n) is 15.1. The summed E-state index contributed by atoms with van der Waals surface area (Å²) in [5.41, 5.74) is 6.46. The number of fused-ring (bicyclic) bond motifs is 1. The molecular formula is C49H52ClF3N2O5. The maximum absolute atomic E-state index is 13.1. The fourth-order valence-electron chi connectivity index (χ4n) is 7.37. The monoisotopic (exact) mass is 840 g/mol. The zero-order valence-corrected chi connectivity index (χ0v) is 35.0. The molecule has 4 aromatic carbocycles. The van der Waals surface area contributed by atoms with Crippen molar-refractivity contribution in [1.82, 2.24) is 9.88 Å². The van der Waals surface area contributed by atoms with E-state index in [-0.39, 0.29) is 18.6 Å². The van der Waals surface area contributed by atoms with Crippen molar-refractivity contribution in [2.45, 2.75) is 90.5 Å². The first kappa shape index (κ1) is 44.4. The van der Waals surface area contributed by atoms with E-state index in [0.29, 0.717) is 47.0 Å². The molecule has 6 rings (SSSR count). The van der Waals surface area contributed by atoms with Gasteiger partial charge in [0, 0.05) is 35.4 Å². The van der Waals surface area contributed by atoms with E-state index in [0.717, 1.165) is 110 Å². The summed E-state index contributed by atoms with van der Waals surface area (Å²) in [6.07, 6.45) is 3.25. The summed E-state index contributed by atoms with van der Waals surface area (Å²) >= 11 is 6.69. The predicted molar refractivity (Wildman–Crippen MR) is 228 cm³/mol. The van der Waals surface area contributed by atoms with Crippen molar-refractivity contribution in [3.8, 4) is 16.9 Å². The van der Waals surface area contributed by atoms with Gasteiger partial charge in [-0.15, -0.1) is 0 Å². The molecule has 0 saturated carbocycles. The highest BCUT2D eigenvalue weighted by molar-refractivity contribution is 6.31. The summed E-state index contributed by atoms with van der Waals surface area (Å²) in [5, 5.41) is 0.458. The molecule has 0 aliphatic heterocycles. The number of aryl methyl sites for hydroxylation is 1. The molecule has 0 radical (unpaired) electrons. The number of benzene rings is 4. The molecule has 0 N–H and O–H groups in total. The van der Waals surface area contributed by atoms with Gasteiger partial charge in [0.05, 0.1) is 24.3 Å². The molecule has 1 aliphatic carbocycles. The quantitative estimate of drug-likeness (QED) is 0.0605. The molecule has 0 fully saturated rings. The topological polar surface area (TPSA) is 78.0 Å². The Kier molecular flexibility index (Phi) is 15.8. The average Bonchev–Trinajstić information content (AvgIpc) is 3.26. The molecule has 7 nitrogen and oxygen atoms in total. The van der Waals surface area contributed by atoms with E-state index < -0.39 is 17.7 Å². The zero-order chi connectivity index (χ0) is 42.5. The first-order valence-corrected chi connectivity index (χ1v) is 21.3. The van der Waals surface area contributed by atoms with Crippen molar-refractivity contribution in [3.63, 3.8) is 0 Å². The van der Waals surface area contributed by atoms with E-state index in [1.807, 2.05) is 60.7 Å². The van der Waals surface area contributed by atoms with Crippen LogP contribution in [0.15, 0.2) is 103 Å². The van der Waals surface area contributed by atoms with E-state index in [1.54, 1.807) is 12.1 Å². The van der Waals surface area contributed by atoms with Crippen LogP contribution in [0.3, 0.4) is 0 Å². The van der Waals surface area contributed by atoms with Crippen molar-refractivity contribution < 1.29 is 37.0 Å². The number of pyridine rings is 1. The molecule has 0 bridgehead atoms. The number of carbonyl (C=O) groups excluding carboxylic acids is 2. The lowest BCUT2D eigenvalue weighted by atomic mass is 9.89. The number of rotatable bonds is 19. The number of hydrogen-bond donors (Lipinski definition) is 0. The third kappa shape index (κ3) is 12.0. The van der Waals surface area contributed by atoms with Gasteiger partial charge in [0.15, 0.2) is 0 Å².